The number of H-pyrrole nitrogens is 1. The van der Waals surface area contributed by atoms with Gasteiger partial charge < -0.3 is 9.64 Å². The minimum atomic E-state index is -4.40. The van der Waals surface area contributed by atoms with Crippen molar-refractivity contribution in [2.75, 3.05) is 19.7 Å². The van der Waals surface area contributed by atoms with Gasteiger partial charge in [-0.25, -0.2) is 4.79 Å². The Morgan fingerprint density at radius 1 is 1.15 bits per heavy atom. The number of benzene rings is 1. The van der Waals surface area contributed by atoms with E-state index in [1.807, 2.05) is 6.92 Å². The lowest BCUT2D eigenvalue weighted by Gasteiger charge is -2.33. The zero-order valence-electron chi connectivity index (χ0n) is 18.5. The maximum absolute atomic E-state index is 13.4. The second-order valence-corrected chi connectivity index (χ2v) is 8.50. The molecule has 0 unspecified atom stereocenters. The molecule has 33 heavy (non-hydrogen) atoms. The molecule has 1 N–H and O–H groups in total. The summed E-state index contributed by atoms with van der Waals surface area (Å²) in [6, 6.07) is 5.65. The molecule has 0 aliphatic carbocycles. The van der Waals surface area contributed by atoms with Gasteiger partial charge in [-0.2, -0.15) is 18.3 Å². The molecule has 0 radical (unpaired) electrons. The SMILES string of the molecule is CCCCOC(=O)N1Cc2[nH]nc(C(=O)N3CCC(c4ccccc4C(F)(F)F)CC3)c2C1. The minimum Gasteiger partial charge on any atom is -0.449 e. The number of nitrogens with zero attached hydrogens (tertiary/aromatic N) is 3. The van der Waals surface area contributed by atoms with Crippen LogP contribution in [0.15, 0.2) is 24.3 Å². The Balaban J connectivity index is 1.39. The van der Waals surface area contributed by atoms with Gasteiger partial charge >= 0.3 is 12.3 Å². The van der Waals surface area contributed by atoms with Crippen molar-refractivity contribution in [2.24, 2.45) is 0 Å². The van der Waals surface area contributed by atoms with Crippen molar-refractivity contribution in [2.45, 2.75) is 57.8 Å². The van der Waals surface area contributed by atoms with Crippen LogP contribution >= 0.6 is 0 Å². The molecule has 1 aromatic carbocycles. The summed E-state index contributed by atoms with van der Waals surface area (Å²) in [5.41, 5.74) is 1.33. The van der Waals surface area contributed by atoms with Gasteiger partial charge in [0.05, 0.1) is 31.0 Å². The van der Waals surface area contributed by atoms with Gasteiger partial charge in [0.15, 0.2) is 5.69 Å². The molecule has 1 aromatic heterocycles. The summed E-state index contributed by atoms with van der Waals surface area (Å²) in [7, 11) is 0. The average Bonchev–Trinajstić information content (AvgIpc) is 3.39. The number of hydrogen-bond acceptors (Lipinski definition) is 4. The number of halogens is 3. The summed E-state index contributed by atoms with van der Waals surface area (Å²) in [6.45, 7) is 3.61. The van der Waals surface area contributed by atoms with Crippen molar-refractivity contribution < 1.29 is 27.5 Å². The summed E-state index contributed by atoms with van der Waals surface area (Å²) >= 11 is 0. The van der Waals surface area contributed by atoms with E-state index >= 15 is 0 Å². The Morgan fingerprint density at radius 2 is 1.88 bits per heavy atom. The van der Waals surface area contributed by atoms with Crippen LogP contribution in [-0.2, 0) is 24.0 Å². The topological polar surface area (TPSA) is 78.5 Å². The Kier molecular flexibility index (Phi) is 6.62. The molecule has 178 valence electrons. The fourth-order valence-corrected chi connectivity index (χ4v) is 4.50. The first-order valence-corrected chi connectivity index (χ1v) is 11.2. The number of likely N-dealkylation sites (tertiary alicyclic amines) is 1. The van der Waals surface area contributed by atoms with Crippen LogP contribution in [0, 0.1) is 0 Å². The van der Waals surface area contributed by atoms with Crippen LogP contribution in [0.3, 0.4) is 0 Å². The van der Waals surface area contributed by atoms with Gasteiger partial charge in [-0.15, -0.1) is 0 Å². The summed E-state index contributed by atoms with van der Waals surface area (Å²) in [6.07, 6.45) is -2.21. The molecule has 3 heterocycles. The molecular formula is C23H27F3N4O3. The zero-order chi connectivity index (χ0) is 23.6. The third-order valence-corrected chi connectivity index (χ3v) is 6.32. The van der Waals surface area contributed by atoms with Crippen molar-refractivity contribution in [3.05, 3.63) is 52.3 Å². The van der Waals surface area contributed by atoms with E-state index < -0.39 is 17.8 Å². The second kappa shape index (κ2) is 9.44. The van der Waals surface area contributed by atoms with E-state index in [0.717, 1.165) is 18.9 Å². The molecule has 2 amide bonds. The Hall–Kier alpha value is -3.04. The van der Waals surface area contributed by atoms with Crippen LogP contribution in [0.4, 0.5) is 18.0 Å². The van der Waals surface area contributed by atoms with Crippen LogP contribution in [-0.4, -0.2) is 51.7 Å². The zero-order valence-corrected chi connectivity index (χ0v) is 18.5. The monoisotopic (exact) mass is 464 g/mol. The molecule has 0 bridgehead atoms. The number of alkyl halides is 3. The van der Waals surface area contributed by atoms with E-state index in [1.54, 1.807) is 11.0 Å². The molecule has 4 rings (SSSR count). The van der Waals surface area contributed by atoms with Gasteiger partial charge in [-0.05, 0) is 36.8 Å². The first-order valence-electron chi connectivity index (χ1n) is 11.2. The fraction of sp³-hybridized carbons (Fsp3) is 0.522. The number of piperidine rings is 1. The highest BCUT2D eigenvalue weighted by atomic mass is 19.4. The number of unbranched alkanes of at least 4 members (excludes halogenated alkanes) is 1. The van der Waals surface area contributed by atoms with Crippen molar-refractivity contribution in [3.63, 3.8) is 0 Å². The quantitative estimate of drug-likeness (QED) is 0.651. The molecule has 0 spiro atoms. The first-order chi connectivity index (χ1) is 15.8. The molecular weight excluding hydrogens is 437 g/mol. The van der Waals surface area contributed by atoms with Crippen LogP contribution < -0.4 is 0 Å². The van der Waals surface area contributed by atoms with Crippen LogP contribution in [0.5, 0.6) is 0 Å². The number of carbonyl (C=O) groups excluding carboxylic acids is 2. The maximum Gasteiger partial charge on any atom is 0.416 e. The van der Waals surface area contributed by atoms with Crippen LogP contribution in [0.1, 0.15) is 71.4 Å². The molecule has 2 aliphatic heterocycles. The summed E-state index contributed by atoms with van der Waals surface area (Å²) in [5.74, 6) is -0.526. The summed E-state index contributed by atoms with van der Waals surface area (Å²) in [5, 5.41) is 7.01. The Labute approximate surface area is 189 Å². The molecule has 10 heteroatoms. The van der Waals surface area contributed by atoms with Crippen LogP contribution in [0.2, 0.25) is 0 Å². The lowest BCUT2D eigenvalue weighted by atomic mass is 9.86. The predicted octanol–water partition coefficient (Wildman–Crippen LogP) is 4.70. The number of aromatic amines is 1. The van der Waals surface area contributed by atoms with Gasteiger partial charge in [0.1, 0.15) is 0 Å². The molecule has 7 nitrogen and oxygen atoms in total. The summed E-state index contributed by atoms with van der Waals surface area (Å²) in [4.78, 5) is 28.5. The normalized spacial score (nSPS) is 16.7. The van der Waals surface area contributed by atoms with Gasteiger partial charge in [0, 0.05) is 18.7 Å². The van der Waals surface area contributed by atoms with E-state index in [2.05, 4.69) is 10.2 Å². The maximum atomic E-state index is 13.4. The number of nitrogens with one attached hydrogen (secondary N) is 1. The first kappa shape index (κ1) is 23.1. The van der Waals surface area contributed by atoms with E-state index in [-0.39, 0.29) is 29.6 Å². The third-order valence-electron chi connectivity index (χ3n) is 6.32. The smallest absolute Gasteiger partial charge is 0.416 e. The Morgan fingerprint density at radius 3 is 2.58 bits per heavy atom. The summed E-state index contributed by atoms with van der Waals surface area (Å²) < 4.78 is 45.4. The lowest BCUT2D eigenvalue weighted by molar-refractivity contribution is -0.138. The average molecular weight is 464 g/mol. The van der Waals surface area contributed by atoms with Crippen molar-refractivity contribution in [1.82, 2.24) is 20.0 Å². The third kappa shape index (κ3) is 4.84. The molecule has 2 aliphatic rings. The molecule has 1 fully saturated rings. The molecule has 0 atom stereocenters. The molecule has 0 saturated carbocycles. The minimum absolute atomic E-state index is 0.243. The fourth-order valence-electron chi connectivity index (χ4n) is 4.50. The van der Waals surface area contributed by atoms with E-state index in [9.17, 15) is 22.8 Å². The number of amides is 2. The van der Waals surface area contributed by atoms with Crippen molar-refractivity contribution >= 4 is 12.0 Å². The number of hydrogen-bond donors (Lipinski definition) is 1. The molecule has 2 aromatic rings. The predicted molar refractivity (Wildman–Crippen MR) is 113 cm³/mol. The molecule has 1 saturated heterocycles. The second-order valence-electron chi connectivity index (χ2n) is 8.50. The van der Waals surface area contributed by atoms with Crippen molar-refractivity contribution in [1.29, 1.82) is 0 Å². The number of rotatable bonds is 5. The highest BCUT2D eigenvalue weighted by Crippen LogP contribution is 2.39. The number of aromatic nitrogens is 2. The van der Waals surface area contributed by atoms with Crippen LogP contribution in [0.25, 0.3) is 0 Å². The highest BCUT2D eigenvalue weighted by Gasteiger charge is 2.37. The van der Waals surface area contributed by atoms with E-state index in [1.165, 1.54) is 17.0 Å². The van der Waals surface area contributed by atoms with Crippen molar-refractivity contribution in [3.8, 4) is 0 Å². The van der Waals surface area contributed by atoms with E-state index in [0.29, 0.717) is 50.3 Å². The number of carbonyl (C=O) groups is 2. The van der Waals surface area contributed by atoms with Gasteiger partial charge in [0.25, 0.3) is 5.91 Å². The van der Waals surface area contributed by atoms with Gasteiger partial charge in [0.2, 0.25) is 0 Å². The van der Waals surface area contributed by atoms with Gasteiger partial charge in [-0.1, -0.05) is 31.5 Å². The number of fused-ring (bicyclic) bond motifs is 1. The number of ether oxygens (including phenoxy) is 1. The Bertz CT molecular complexity index is 1010. The van der Waals surface area contributed by atoms with Gasteiger partial charge in [-0.3, -0.25) is 14.8 Å². The largest absolute Gasteiger partial charge is 0.449 e. The van der Waals surface area contributed by atoms with E-state index in [4.69, 9.17) is 4.74 Å². The lowest BCUT2D eigenvalue weighted by Crippen LogP contribution is -2.39. The highest BCUT2D eigenvalue weighted by molar-refractivity contribution is 5.94. The standard InChI is InChI=1S/C23H27F3N4O3/c1-2-3-12-33-22(32)30-13-17-19(14-30)27-28-20(17)21(31)29-10-8-15(9-11-29)16-6-4-5-7-18(16)23(24,25)26/h4-7,15H,2-3,8-14H2,1H3,(H,27,28).